The standard InChI is InChI=1S/C23H20F3N11O2S/c24-23(25,26)15-9-17(11-18(10-15)37-14-27-13-29-37)31-21-32-20(30-16-1-3-35-4-2-28-19(35)12-16)33-22(34-21)36-5-7-40(38,39)8-6-36/h1-4,9-14H,5-8H2,(H2,30,31,32,33,34). The molecule has 0 amide bonds. The fraction of sp³-hybridized carbons (Fsp3) is 0.217. The molecule has 0 unspecified atom stereocenters. The van der Waals surface area contributed by atoms with Crippen molar-refractivity contribution in [1.82, 2.24) is 39.1 Å². The van der Waals surface area contributed by atoms with Gasteiger partial charge >= 0.3 is 6.18 Å². The lowest BCUT2D eigenvalue weighted by atomic mass is 10.1. The third-order valence-electron chi connectivity index (χ3n) is 6.09. The van der Waals surface area contributed by atoms with E-state index >= 15 is 0 Å². The molecule has 17 heteroatoms. The first-order valence-corrected chi connectivity index (χ1v) is 13.7. The van der Waals surface area contributed by atoms with Crippen LogP contribution in [0.15, 0.2) is 61.6 Å². The monoisotopic (exact) mass is 571 g/mol. The Bertz CT molecular complexity index is 1780. The van der Waals surface area contributed by atoms with Gasteiger partial charge in [-0.25, -0.2) is 23.1 Å². The maximum absolute atomic E-state index is 13.7. The lowest BCUT2D eigenvalue weighted by molar-refractivity contribution is -0.137. The molecule has 1 fully saturated rings. The minimum atomic E-state index is -4.63. The number of nitrogens with zero attached hydrogens (tertiary/aromatic N) is 9. The second kappa shape index (κ2) is 9.74. The van der Waals surface area contributed by atoms with Crippen molar-refractivity contribution in [3.05, 3.63) is 67.1 Å². The molecule has 6 rings (SSSR count). The second-order valence-corrected chi connectivity index (χ2v) is 11.2. The van der Waals surface area contributed by atoms with E-state index in [4.69, 9.17) is 0 Å². The Kier molecular flexibility index (Phi) is 6.21. The van der Waals surface area contributed by atoms with Crippen molar-refractivity contribution in [2.75, 3.05) is 40.1 Å². The highest BCUT2D eigenvalue weighted by Crippen LogP contribution is 2.33. The summed E-state index contributed by atoms with van der Waals surface area (Å²) in [5.74, 6) is 0.0675. The number of benzene rings is 1. The molecular weight excluding hydrogens is 551 g/mol. The van der Waals surface area contributed by atoms with E-state index in [1.165, 1.54) is 23.4 Å². The molecule has 1 aliphatic rings. The molecule has 13 nitrogen and oxygen atoms in total. The summed E-state index contributed by atoms with van der Waals surface area (Å²) in [7, 11) is -3.17. The molecule has 2 N–H and O–H groups in total. The summed E-state index contributed by atoms with van der Waals surface area (Å²) in [6.45, 7) is 0.316. The summed E-state index contributed by atoms with van der Waals surface area (Å²) in [4.78, 5) is 22.9. The highest BCUT2D eigenvalue weighted by atomic mass is 32.2. The van der Waals surface area contributed by atoms with E-state index in [0.717, 1.165) is 12.1 Å². The van der Waals surface area contributed by atoms with E-state index < -0.39 is 21.6 Å². The smallest absolute Gasteiger partial charge is 0.339 e. The van der Waals surface area contributed by atoms with Gasteiger partial charge in [-0.3, -0.25) is 0 Å². The van der Waals surface area contributed by atoms with E-state index in [9.17, 15) is 21.6 Å². The molecule has 1 aliphatic heterocycles. The van der Waals surface area contributed by atoms with E-state index in [-0.39, 0.29) is 53.8 Å². The minimum absolute atomic E-state index is 0.0449. The van der Waals surface area contributed by atoms with Crippen LogP contribution in [0.5, 0.6) is 0 Å². The van der Waals surface area contributed by atoms with Crippen LogP contribution in [0.1, 0.15) is 5.56 Å². The van der Waals surface area contributed by atoms with Gasteiger partial charge in [0, 0.05) is 49.1 Å². The number of imidazole rings is 1. The minimum Gasteiger partial charge on any atom is -0.339 e. The molecule has 0 bridgehead atoms. The normalized spacial score (nSPS) is 15.3. The maximum Gasteiger partial charge on any atom is 0.416 e. The zero-order valence-corrected chi connectivity index (χ0v) is 21.3. The average molecular weight is 572 g/mol. The van der Waals surface area contributed by atoms with E-state index in [1.54, 1.807) is 35.6 Å². The zero-order chi connectivity index (χ0) is 27.9. The number of aromatic nitrogens is 8. The van der Waals surface area contributed by atoms with Crippen LogP contribution in [0, 0.1) is 0 Å². The molecule has 40 heavy (non-hydrogen) atoms. The van der Waals surface area contributed by atoms with Crippen molar-refractivity contribution in [1.29, 1.82) is 0 Å². The Morgan fingerprint density at radius 2 is 1.65 bits per heavy atom. The first-order valence-electron chi connectivity index (χ1n) is 11.9. The first-order chi connectivity index (χ1) is 19.1. The lowest BCUT2D eigenvalue weighted by Crippen LogP contribution is -2.41. The number of rotatable bonds is 6. The van der Waals surface area contributed by atoms with Crippen molar-refractivity contribution in [2.24, 2.45) is 0 Å². The molecule has 206 valence electrons. The Morgan fingerprint density at radius 3 is 2.35 bits per heavy atom. The quantitative estimate of drug-likeness (QED) is 0.310. The number of nitrogens with one attached hydrogen (secondary N) is 2. The molecule has 0 saturated carbocycles. The summed E-state index contributed by atoms with van der Waals surface area (Å²) in [5, 5.41) is 9.84. The van der Waals surface area contributed by atoms with Crippen molar-refractivity contribution >= 4 is 44.7 Å². The molecule has 5 heterocycles. The van der Waals surface area contributed by atoms with Gasteiger partial charge in [0.2, 0.25) is 17.8 Å². The number of pyridine rings is 1. The number of sulfone groups is 1. The topological polar surface area (TPSA) is 148 Å². The van der Waals surface area contributed by atoms with Crippen LogP contribution in [0.4, 0.5) is 42.4 Å². The van der Waals surface area contributed by atoms with Crippen LogP contribution in [-0.2, 0) is 16.0 Å². The number of anilines is 5. The Morgan fingerprint density at radius 1 is 0.900 bits per heavy atom. The van der Waals surface area contributed by atoms with Crippen LogP contribution in [0.3, 0.4) is 0 Å². The molecule has 0 spiro atoms. The van der Waals surface area contributed by atoms with Crippen molar-refractivity contribution < 1.29 is 21.6 Å². The van der Waals surface area contributed by atoms with Gasteiger partial charge in [-0.1, -0.05) is 0 Å². The van der Waals surface area contributed by atoms with Gasteiger partial charge in [-0.15, -0.1) is 0 Å². The number of hydrogen-bond acceptors (Lipinski definition) is 11. The van der Waals surface area contributed by atoms with Crippen molar-refractivity contribution in [3.63, 3.8) is 0 Å². The Hall–Kier alpha value is -4.80. The molecule has 5 aromatic rings. The highest BCUT2D eigenvalue weighted by Gasteiger charge is 2.32. The van der Waals surface area contributed by atoms with E-state index in [2.05, 4.69) is 40.7 Å². The lowest BCUT2D eigenvalue weighted by Gasteiger charge is -2.27. The van der Waals surface area contributed by atoms with Crippen LogP contribution in [0.25, 0.3) is 11.3 Å². The molecule has 4 aromatic heterocycles. The van der Waals surface area contributed by atoms with Gasteiger partial charge < -0.3 is 19.9 Å². The van der Waals surface area contributed by atoms with Gasteiger partial charge in [0.15, 0.2) is 9.84 Å². The summed E-state index contributed by atoms with van der Waals surface area (Å²) < 4.78 is 68.0. The van der Waals surface area contributed by atoms with Gasteiger partial charge in [0.1, 0.15) is 18.3 Å². The average Bonchev–Trinajstić information content (AvgIpc) is 3.60. The Labute approximate surface area is 224 Å². The van der Waals surface area contributed by atoms with Crippen molar-refractivity contribution in [2.45, 2.75) is 6.18 Å². The first kappa shape index (κ1) is 25.5. The number of hydrogen-bond donors (Lipinski definition) is 2. The summed E-state index contributed by atoms with van der Waals surface area (Å²) in [6.07, 6.45) is 3.08. The number of alkyl halides is 3. The third kappa shape index (κ3) is 5.49. The second-order valence-electron chi connectivity index (χ2n) is 8.89. The molecule has 1 saturated heterocycles. The largest absolute Gasteiger partial charge is 0.416 e. The maximum atomic E-state index is 13.7. The number of halogens is 3. The van der Waals surface area contributed by atoms with Gasteiger partial charge in [-0.05, 0) is 24.3 Å². The van der Waals surface area contributed by atoms with Crippen LogP contribution < -0.4 is 15.5 Å². The van der Waals surface area contributed by atoms with E-state index in [0.29, 0.717) is 11.3 Å². The molecule has 1 aromatic carbocycles. The summed E-state index contributed by atoms with van der Waals surface area (Å²) in [6, 6.07) is 6.86. The van der Waals surface area contributed by atoms with E-state index in [1.807, 2.05) is 4.40 Å². The third-order valence-corrected chi connectivity index (χ3v) is 7.70. The van der Waals surface area contributed by atoms with Gasteiger partial charge in [0.25, 0.3) is 0 Å². The SMILES string of the molecule is O=S1(=O)CCN(c2nc(Nc3cc(-n4cncn4)cc(C(F)(F)F)c3)nc(Nc3ccn4ccnc4c3)n2)CC1. The fourth-order valence-electron chi connectivity index (χ4n) is 4.10. The number of fused-ring (bicyclic) bond motifs is 1. The summed E-state index contributed by atoms with van der Waals surface area (Å²) >= 11 is 0. The predicted molar refractivity (Wildman–Crippen MR) is 139 cm³/mol. The Balaban J connectivity index is 1.38. The van der Waals surface area contributed by atoms with Crippen LogP contribution >= 0.6 is 0 Å². The fourth-order valence-corrected chi connectivity index (χ4v) is 5.30. The van der Waals surface area contributed by atoms with Crippen LogP contribution in [0.2, 0.25) is 0 Å². The predicted octanol–water partition coefficient (Wildman–Crippen LogP) is 2.84. The molecular formula is C23H20F3N11O2S. The van der Waals surface area contributed by atoms with Gasteiger partial charge in [-0.2, -0.15) is 33.2 Å². The molecule has 0 aliphatic carbocycles. The highest BCUT2D eigenvalue weighted by molar-refractivity contribution is 7.91. The van der Waals surface area contributed by atoms with Crippen molar-refractivity contribution in [3.8, 4) is 5.69 Å². The zero-order valence-electron chi connectivity index (χ0n) is 20.5. The van der Waals surface area contributed by atoms with Gasteiger partial charge in [0.05, 0.1) is 22.8 Å². The molecule has 0 atom stereocenters. The van der Waals surface area contributed by atoms with Crippen LogP contribution in [-0.4, -0.2) is 72.1 Å². The summed E-state index contributed by atoms with van der Waals surface area (Å²) in [5.41, 5.74) is 0.532. The molecule has 0 radical (unpaired) electrons.